The van der Waals surface area contributed by atoms with E-state index < -0.39 is 0 Å². The highest BCUT2D eigenvalue weighted by molar-refractivity contribution is 5.57. The van der Waals surface area contributed by atoms with Crippen molar-refractivity contribution in [1.82, 2.24) is 15.0 Å². The van der Waals surface area contributed by atoms with Gasteiger partial charge in [-0.25, -0.2) is 4.39 Å². The van der Waals surface area contributed by atoms with Crippen LogP contribution in [0.15, 0.2) is 59.4 Å². The third kappa shape index (κ3) is 4.95. The molecule has 0 aliphatic rings. The molecule has 0 spiro atoms. The average Bonchev–Trinajstić information content (AvgIpc) is 3.11. The fraction of sp³-hybridized carbons (Fsp3) is 0.263. The van der Waals surface area contributed by atoms with Crippen molar-refractivity contribution in [2.45, 2.75) is 13.1 Å². The van der Waals surface area contributed by atoms with E-state index in [9.17, 15) is 4.39 Å². The van der Waals surface area contributed by atoms with Crippen LogP contribution >= 0.6 is 0 Å². The van der Waals surface area contributed by atoms with Crippen molar-refractivity contribution in [2.75, 3.05) is 20.3 Å². The maximum absolute atomic E-state index is 13.1. The Bertz CT molecular complexity index is 775. The number of rotatable bonds is 8. The third-order valence-electron chi connectivity index (χ3n) is 3.85. The fourth-order valence-corrected chi connectivity index (χ4v) is 2.55. The average molecular weight is 341 g/mol. The summed E-state index contributed by atoms with van der Waals surface area (Å²) in [4.78, 5) is 6.18. The molecule has 0 aliphatic heterocycles. The van der Waals surface area contributed by atoms with Crippen LogP contribution in [0.5, 0.6) is 0 Å². The zero-order chi connectivity index (χ0) is 17.5. The lowest BCUT2D eigenvalue weighted by molar-refractivity contribution is 0.133. The van der Waals surface area contributed by atoms with Crippen molar-refractivity contribution in [3.8, 4) is 11.3 Å². The highest BCUT2D eigenvalue weighted by Gasteiger charge is 2.12. The van der Waals surface area contributed by atoms with Crippen LogP contribution in [0.4, 0.5) is 4.39 Å². The van der Waals surface area contributed by atoms with Crippen LogP contribution in [-0.4, -0.2) is 35.3 Å². The fourth-order valence-electron chi connectivity index (χ4n) is 2.55. The van der Waals surface area contributed by atoms with Gasteiger partial charge in [0.25, 0.3) is 0 Å². The van der Waals surface area contributed by atoms with Crippen LogP contribution in [-0.2, 0) is 17.8 Å². The number of benzene rings is 1. The van der Waals surface area contributed by atoms with Gasteiger partial charge in [0.1, 0.15) is 11.5 Å². The molecule has 2 aromatic heterocycles. The van der Waals surface area contributed by atoms with Crippen LogP contribution in [0, 0.1) is 5.82 Å². The van der Waals surface area contributed by atoms with Crippen molar-refractivity contribution in [2.24, 2.45) is 0 Å². The van der Waals surface area contributed by atoms with Gasteiger partial charge in [0.05, 0.1) is 13.2 Å². The van der Waals surface area contributed by atoms with Gasteiger partial charge in [-0.05, 0) is 29.8 Å². The first kappa shape index (κ1) is 17.3. The number of ether oxygens (including phenoxy) is 1. The summed E-state index contributed by atoms with van der Waals surface area (Å²) in [5.41, 5.74) is 2.78. The number of pyridine rings is 1. The Balaban J connectivity index is 1.69. The minimum atomic E-state index is -0.232. The Morgan fingerprint density at radius 3 is 2.56 bits per heavy atom. The summed E-state index contributed by atoms with van der Waals surface area (Å²) < 4.78 is 23.7. The SMILES string of the molecule is COCCN(Cc1ccc(F)cc1)Cc1cc(-c2ccncc2)no1. The molecule has 0 saturated carbocycles. The molecule has 0 bridgehead atoms. The molecule has 0 aliphatic carbocycles. The Kier molecular flexibility index (Phi) is 5.87. The molecule has 3 rings (SSSR count). The Hall–Kier alpha value is -2.57. The lowest BCUT2D eigenvalue weighted by atomic mass is 10.2. The summed E-state index contributed by atoms with van der Waals surface area (Å²) in [6.45, 7) is 2.61. The molecule has 3 aromatic rings. The predicted octanol–water partition coefficient (Wildman–Crippen LogP) is 3.52. The maximum atomic E-state index is 13.1. The topological polar surface area (TPSA) is 51.4 Å². The molecule has 0 fully saturated rings. The van der Waals surface area contributed by atoms with E-state index in [1.165, 1.54) is 12.1 Å². The zero-order valence-corrected chi connectivity index (χ0v) is 14.1. The molecule has 25 heavy (non-hydrogen) atoms. The van der Waals surface area contributed by atoms with Crippen molar-refractivity contribution < 1.29 is 13.7 Å². The lowest BCUT2D eigenvalue weighted by Crippen LogP contribution is -2.26. The van der Waals surface area contributed by atoms with Crippen LogP contribution in [0.3, 0.4) is 0 Å². The molecular weight excluding hydrogens is 321 g/mol. The van der Waals surface area contributed by atoms with E-state index in [2.05, 4.69) is 15.0 Å². The first-order chi connectivity index (χ1) is 12.2. The minimum Gasteiger partial charge on any atom is -0.383 e. The maximum Gasteiger partial charge on any atom is 0.151 e. The van der Waals surface area contributed by atoms with E-state index in [0.717, 1.165) is 29.1 Å². The second-order valence-electron chi connectivity index (χ2n) is 5.74. The predicted molar refractivity (Wildman–Crippen MR) is 92.1 cm³/mol. The molecule has 1 aromatic carbocycles. The van der Waals surface area contributed by atoms with Gasteiger partial charge in [-0.1, -0.05) is 17.3 Å². The number of halogens is 1. The van der Waals surface area contributed by atoms with E-state index in [4.69, 9.17) is 9.26 Å². The second-order valence-corrected chi connectivity index (χ2v) is 5.74. The van der Waals surface area contributed by atoms with Gasteiger partial charge < -0.3 is 9.26 Å². The molecule has 6 heteroatoms. The van der Waals surface area contributed by atoms with E-state index in [1.54, 1.807) is 31.6 Å². The Labute approximate surface area is 146 Å². The summed E-state index contributed by atoms with van der Waals surface area (Å²) in [6, 6.07) is 12.2. The second kappa shape index (κ2) is 8.50. The molecule has 0 atom stereocenters. The summed E-state index contributed by atoms with van der Waals surface area (Å²) >= 11 is 0. The molecule has 0 amide bonds. The molecule has 0 saturated heterocycles. The van der Waals surface area contributed by atoms with Gasteiger partial charge in [0.2, 0.25) is 0 Å². The van der Waals surface area contributed by atoms with E-state index >= 15 is 0 Å². The third-order valence-corrected chi connectivity index (χ3v) is 3.85. The normalized spacial score (nSPS) is 11.2. The summed E-state index contributed by atoms with van der Waals surface area (Å²) in [7, 11) is 1.67. The smallest absolute Gasteiger partial charge is 0.151 e. The Morgan fingerprint density at radius 1 is 1.08 bits per heavy atom. The molecule has 2 heterocycles. The van der Waals surface area contributed by atoms with E-state index in [0.29, 0.717) is 19.7 Å². The number of methoxy groups -OCH3 is 1. The largest absolute Gasteiger partial charge is 0.383 e. The molecule has 0 unspecified atom stereocenters. The Morgan fingerprint density at radius 2 is 1.84 bits per heavy atom. The van der Waals surface area contributed by atoms with E-state index in [1.807, 2.05) is 18.2 Å². The molecular formula is C19H20FN3O2. The highest BCUT2D eigenvalue weighted by Crippen LogP contribution is 2.19. The number of hydrogen-bond acceptors (Lipinski definition) is 5. The van der Waals surface area contributed by atoms with Crippen LogP contribution < -0.4 is 0 Å². The molecule has 0 radical (unpaired) electrons. The van der Waals surface area contributed by atoms with Crippen molar-refractivity contribution >= 4 is 0 Å². The number of hydrogen-bond donors (Lipinski definition) is 0. The van der Waals surface area contributed by atoms with Gasteiger partial charge in [-0.3, -0.25) is 9.88 Å². The van der Waals surface area contributed by atoms with Gasteiger partial charge in [-0.15, -0.1) is 0 Å². The number of aromatic nitrogens is 2. The van der Waals surface area contributed by atoms with Crippen molar-refractivity contribution in [1.29, 1.82) is 0 Å². The van der Waals surface area contributed by atoms with Crippen LogP contribution in [0.25, 0.3) is 11.3 Å². The summed E-state index contributed by atoms with van der Waals surface area (Å²) in [6.07, 6.45) is 3.45. The molecule has 5 nitrogen and oxygen atoms in total. The van der Waals surface area contributed by atoms with Crippen LogP contribution in [0.1, 0.15) is 11.3 Å². The van der Waals surface area contributed by atoms with Crippen molar-refractivity contribution in [3.05, 3.63) is 72.0 Å². The first-order valence-corrected chi connectivity index (χ1v) is 8.06. The quantitative estimate of drug-likeness (QED) is 0.627. The monoisotopic (exact) mass is 341 g/mol. The van der Waals surface area contributed by atoms with Gasteiger partial charge in [0, 0.05) is 44.2 Å². The van der Waals surface area contributed by atoms with Crippen molar-refractivity contribution in [3.63, 3.8) is 0 Å². The number of nitrogens with zero attached hydrogens (tertiary/aromatic N) is 3. The van der Waals surface area contributed by atoms with Gasteiger partial charge >= 0.3 is 0 Å². The standard InChI is InChI=1S/C19H20FN3O2/c1-24-11-10-23(13-15-2-4-17(20)5-3-15)14-18-12-19(22-25-18)16-6-8-21-9-7-16/h2-9,12H,10-11,13-14H2,1H3. The van der Waals surface area contributed by atoms with Gasteiger partial charge in [-0.2, -0.15) is 0 Å². The van der Waals surface area contributed by atoms with E-state index in [-0.39, 0.29) is 5.82 Å². The first-order valence-electron chi connectivity index (χ1n) is 8.06. The summed E-state index contributed by atoms with van der Waals surface area (Å²) in [5, 5.41) is 4.13. The molecule has 130 valence electrons. The lowest BCUT2D eigenvalue weighted by Gasteiger charge is -2.20. The summed E-state index contributed by atoms with van der Waals surface area (Å²) in [5.74, 6) is 0.537. The van der Waals surface area contributed by atoms with Crippen LogP contribution in [0.2, 0.25) is 0 Å². The minimum absolute atomic E-state index is 0.232. The molecule has 0 N–H and O–H groups in total. The zero-order valence-electron chi connectivity index (χ0n) is 14.1. The highest BCUT2D eigenvalue weighted by atomic mass is 19.1. The van der Waals surface area contributed by atoms with Gasteiger partial charge in [0.15, 0.2) is 5.76 Å².